The van der Waals surface area contributed by atoms with Crippen molar-refractivity contribution in [3.63, 3.8) is 0 Å². The van der Waals surface area contributed by atoms with Crippen LogP contribution in [0.5, 0.6) is 0 Å². The second-order valence-electron chi connectivity index (χ2n) is 4.85. The molecule has 0 bridgehead atoms. The zero-order valence-electron chi connectivity index (χ0n) is 10.2. The highest BCUT2D eigenvalue weighted by Gasteiger charge is 2.30. The van der Waals surface area contributed by atoms with Gasteiger partial charge in [-0.1, -0.05) is 12.8 Å². The maximum absolute atomic E-state index is 11.2. The number of hydrogen-bond donors (Lipinski definition) is 2. The number of halogens is 1. The Hall–Kier alpha value is -0.390. The molecule has 2 unspecified atom stereocenters. The number of hydrogen-bond acceptors (Lipinski definition) is 3. The van der Waals surface area contributed by atoms with E-state index < -0.39 is 5.97 Å². The summed E-state index contributed by atoms with van der Waals surface area (Å²) in [5.41, 5.74) is 0. The van der Waals surface area contributed by atoms with Crippen molar-refractivity contribution in [1.29, 1.82) is 0 Å². The summed E-state index contributed by atoms with van der Waals surface area (Å²) in [6, 6.07) is 2.10. The molecule has 1 aromatic rings. The van der Waals surface area contributed by atoms with E-state index in [1.807, 2.05) is 0 Å². The molecule has 5 heteroatoms. The maximum Gasteiger partial charge on any atom is 0.306 e. The molecule has 18 heavy (non-hydrogen) atoms. The Morgan fingerprint density at radius 1 is 1.50 bits per heavy atom. The number of nitrogens with one attached hydrogen (secondary N) is 1. The molecule has 0 spiro atoms. The van der Waals surface area contributed by atoms with Crippen molar-refractivity contribution in [2.75, 3.05) is 6.54 Å². The predicted molar refractivity (Wildman–Crippen MR) is 76.8 cm³/mol. The van der Waals surface area contributed by atoms with Crippen molar-refractivity contribution in [1.82, 2.24) is 5.32 Å². The minimum Gasteiger partial charge on any atom is -0.481 e. The largest absolute Gasteiger partial charge is 0.481 e. The summed E-state index contributed by atoms with van der Waals surface area (Å²) in [5, 5.41) is 14.7. The fourth-order valence-electron chi connectivity index (χ4n) is 2.60. The lowest BCUT2D eigenvalue weighted by Crippen LogP contribution is -2.34. The zero-order valence-corrected chi connectivity index (χ0v) is 12.6. The Balaban J connectivity index is 1.79. The first-order valence-electron chi connectivity index (χ1n) is 6.33. The van der Waals surface area contributed by atoms with Gasteiger partial charge in [0.25, 0.3) is 0 Å². The van der Waals surface area contributed by atoms with Crippen LogP contribution in [0.3, 0.4) is 0 Å². The van der Waals surface area contributed by atoms with Gasteiger partial charge in [0.1, 0.15) is 0 Å². The fraction of sp³-hybridized carbons (Fsp3) is 0.615. The van der Waals surface area contributed by atoms with Crippen molar-refractivity contribution in [3.05, 3.63) is 20.8 Å². The van der Waals surface area contributed by atoms with Crippen molar-refractivity contribution >= 4 is 33.2 Å². The van der Waals surface area contributed by atoms with Gasteiger partial charge < -0.3 is 10.4 Å². The topological polar surface area (TPSA) is 49.3 Å². The van der Waals surface area contributed by atoms with Crippen LogP contribution in [0.1, 0.15) is 30.6 Å². The monoisotopic (exact) mass is 331 g/mol. The number of rotatable bonds is 5. The molecule has 100 valence electrons. The van der Waals surface area contributed by atoms with Gasteiger partial charge in [0.05, 0.1) is 5.92 Å². The molecule has 0 amide bonds. The fourth-order valence-corrected chi connectivity index (χ4v) is 4.02. The molecule has 1 saturated carbocycles. The highest BCUT2D eigenvalue weighted by Crippen LogP contribution is 2.30. The van der Waals surface area contributed by atoms with Crippen LogP contribution >= 0.6 is 27.3 Å². The Kier molecular flexibility index (Phi) is 5.21. The van der Waals surface area contributed by atoms with Crippen molar-refractivity contribution in [2.45, 2.75) is 32.2 Å². The summed E-state index contributed by atoms with van der Waals surface area (Å²) in [5.74, 6) is -0.485. The van der Waals surface area contributed by atoms with Gasteiger partial charge in [-0.25, -0.2) is 0 Å². The smallest absolute Gasteiger partial charge is 0.306 e. The van der Waals surface area contributed by atoms with Crippen LogP contribution in [-0.4, -0.2) is 17.6 Å². The lowest BCUT2D eigenvalue weighted by Gasteiger charge is -2.28. The molecule has 0 radical (unpaired) electrons. The van der Waals surface area contributed by atoms with Gasteiger partial charge in [-0.2, -0.15) is 0 Å². The summed E-state index contributed by atoms with van der Waals surface area (Å²) in [6.45, 7) is 1.64. The molecule has 0 aromatic carbocycles. The lowest BCUT2D eigenvalue weighted by molar-refractivity contribution is -0.144. The second-order valence-corrected chi connectivity index (χ2v) is 6.76. The van der Waals surface area contributed by atoms with Crippen LogP contribution in [-0.2, 0) is 11.3 Å². The highest BCUT2D eigenvalue weighted by atomic mass is 79.9. The van der Waals surface area contributed by atoms with Crippen LogP contribution < -0.4 is 5.32 Å². The van der Waals surface area contributed by atoms with Crippen LogP contribution in [0.15, 0.2) is 15.9 Å². The highest BCUT2D eigenvalue weighted by molar-refractivity contribution is 9.10. The average molecular weight is 332 g/mol. The van der Waals surface area contributed by atoms with Gasteiger partial charge in [-0.15, -0.1) is 11.3 Å². The first-order chi connectivity index (χ1) is 8.66. The second kappa shape index (κ2) is 6.68. The molecular formula is C13H18BrNO2S. The summed E-state index contributed by atoms with van der Waals surface area (Å²) in [6.07, 6.45) is 4.11. The molecule has 2 rings (SSSR count). The van der Waals surface area contributed by atoms with E-state index in [0.29, 0.717) is 5.92 Å². The number of aliphatic carboxylic acids is 1. The van der Waals surface area contributed by atoms with Gasteiger partial charge in [0.2, 0.25) is 0 Å². The molecule has 0 aliphatic heterocycles. The molecule has 0 saturated heterocycles. The lowest BCUT2D eigenvalue weighted by atomic mass is 9.79. The van der Waals surface area contributed by atoms with E-state index in [2.05, 4.69) is 32.7 Å². The van der Waals surface area contributed by atoms with Crippen LogP contribution in [0.25, 0.3) is 0 Å². The van der Waals surface area contributed by atoms with E-state index in [1.54, 1.807) is 11.3 Å². The van der Waals surface area contributed by atoms with E-state index >= 15 is 0 Å². The minimum absolute atomic E-state index is 0.152. The van der Waals surface area contributed by atoms with E-state index in [4.69, 9.17) is 0 Å². The van der Waals surface area contributed by atoms with Gasteiger partial charge in [0.15, 0.2) is 0 Å². The molecule has 1 heterocycles. The first-order valence-corrected chi connectivity index (χ1v) is 8.00. The Labute approximate surface area is 120 Å². The van der Waals surface area contributed by atoms with Crippen LogP contribution in [0, 0.1) is 11.8 Å². The standard InChI is InChI=1S/C13H18BrNO2S/c14-10-5-11(18-8-10)7-15-6-9-3-1-2-4-12(9)13(16)17/h5,8-9,12,15H,1-4,6-7H2,(H,16,17). The SMILES string of the molecule is O=C(O)C1CCCCC1CNCc1cc(Br)cs1. The summed E-state index contributed by atoms with van der Waals surface area (Å²) < 4.78 is 1.12. The van der Waals surface area contributed by atoms with Gasteiger partial charge >= 0.3 is 5.97 Å². The van der Waals surface area contributed by atoms with Gasteiger partial charge in [0, 0.05) is 21.3 Å². The maximum atomic E-state index is 11.2. The number of thiophene rings is 1. The third-order valence-corrected chi connectivity index (χ3v) is 5.25. The van der Waals surface area contributed by atoms with Crippen molar-refractivity contribution in [3.8, 4) is 0 Å². The van der Waals surface area contributed by atoms with E-state index in [1.165, 1.54) is 11.3 Å². The average Bonchev–Trinajstić information content (AvgIpc) is 2.75. The van der Waals surface area contributed by atoms with E-state index in [-0.39, 0.29) is 5.92 Å². The summed E-state index contributed by atoms with van der Waals surface area (Å²) in [4.78, 5) is 12.5. The Morgan fingerprint density at radius 3 is 2.94 bits per heavy atom. The van der Waals surface area contributed by atoms with Crippen LogP contribution in [0.2, 0.25) is 0 Å². The summed E-state index contributed by atoms with van der Waals surface area (Å²) in [7, 11) is 0. The van der Waals surface area contributed by atoms with E-state index in [0.717, 1.165) is 36.8 Å². The molecule has 3 nitrogen and oxygen atoms in total. The Bertz CT molecular complexity index is 407. The summed E-state index contributed by atoms with van der Waals surface area (Å²) >= 11 is 5.15. The third-order valence-electron chi connectivity index (χ3n) is 3.55. The zero-order chi connectivity index (χ0) is 13.0. The minimum atomic E-state index is -0.625. The molecule has 1 aromatic heterocycles. The van der Waals surface area contributed by atoms with Gasteiger partial charge in [-0.3, -0.25) is 4.79 Å². The number of carbonyl (C=O) groups is 1. The van der Waals surface area contributed by atoms with Crippen molar-refractivity contribution in [2.24, 2.45) is 11.8 Å². The van der Waals surface area contributed by atoms with Gasteiger partial charge in [-0.05, 0) is 47.3 Å². The molecule has 2 atom stereocenters. The predicted octanol–water partition coefficient (Wildman–Crippen LogP) is 3.49. The quantitative estimate of drug-likeness (QED) is 0.868. The van der Waals surface area contributed by atoms with Crippen LogP contribution in [0.4, 0.5) is 0 Å². The number of carboxylic acids is 1. The first kappa shape index (κ1) is 14.0. The molecule has 1 aliphatic rings. The molecular weight excluding hydrogens is 314 g/mol. The molecule has 2 N–H and O–H groups in total. The number of carboxylic acid groups (broad SMARTS) is 1. The molecule has 1 fully saturated rings. The van der Waals surface area contributed by atoms with Crippen molar-refractivity contribution < 1.29 is 9.90 Å². The molecule has 1 aliphatic carbocycles. The normalized spacial score (nSPS) is 24.1. The third kappa shape index (κ3) is 3.80. The Morgan fingerprint density at radius 2 is 2.28 bits per heavy atom. The van der Waals surface area contributed by atoms with E-state index in [9.17, 15) is 9.90 Å².